The van der Waals surface area contributed by atoms with Crippen LogP contribution in [0.3, 0.4) is 0 Å². The number of nitrogens with one attached hydrogen (secondary N) is 1. The lowest BCUT2D eigenvalue weighted by Crippen LogP contribution is -2.35. The summed E-state index contributed by atoms with van der Waals surface area (Å²) in [5.74, 6) is 3.08. The maximum absolute atomic E-state index is 9.22. The Morgan fingerprint density at radius 2 is 2.00 bits per heavy atom. The van der Waals surface area contributed by atoms with Gasteiger partial charge in [-0.2, -0.15) is 0 Å². The van der Waals surface area contributed by atoms with E-state index >= 15 is 0 Å². The minimum absolute atomic E-state index is 0.299. The number of anilines is 2. The minimum atomic E-state index is 0.299. The molecule has 0 atom stereocenters. The van der Waals surface area contributed by atoms with Gasteiger partial charge in [-0.05, 0) is 44.2 Å². The average molecular weight is 327 g/mol. The number of nitrogens with zero attached hydrogens (tertiary/aromatic N) is 4. The highest BCUT2D eigenvalue weighted by atomic mass is 16.3. The number of aryl methyl sites for hydroxylation is 2. The fraction of sp³-hybridized carbons (Fsp3) is 0.500. The molecule has 2 aromatic rings. The van der Waals surface area contributed by atoms with E-state index in [4.69, 9.17) is 0 Å². The third-order valence-electron chi connectivity index (χ3n) is 4.45. The molecule has 6 nitrogen and oxygen atoms in total. The van der Waals surface area contributed by atoms with E-state index in [1.54, 1.807) is 0 Å². The van der Waals surface area contributed by atoms with Crippen LogP contribution < -0.4 is 10.2 Å². The molecule has 0 radical (unpaired) electrons. The number of aromatic nitrogens is 3. The summed E-state index contributed by atoms with van der Waals surface area (Å²) in [6.45, 7) is 6.79. The van der Waals surface area contributed by atoms with E-state index in [0.29, 0.717) is 19.1 Å². The monoisotopic (exact) mass is 327 g/mol. The number of pyridine rings is 1. The molecule has 0 saturated carbocycles. The molecule has 0 unspecified atom stereocenters. The number of piperidine rings is 1. The summed E-state index contributed by atoms with van der Waals surface area (Å²) in [5, 5.41) is 12.5. The quantitative estimate of drug-likeness (QED) is 0.878. The Hall–Kier alpha value is -2.21. The van der Waals surface area contributed by atoms with Crippen molar-refractivity contribution < 1.29 is 5.11 Å². The Balaban J connectivity index is 1.56. The van der Waals surface area contributed by atoms with Gasteiger partial charge in [-0.1, -0.05) is 6.07 Å². The summed E-state index contributed by atoms with van der Waals surface area (Å²) >= 11 is 0. The van der Waals surface area contributed by atoms with Gasteiger partial charge >= 0.3 is 0 Å². The van der Waals surface area contributed by atoms with Crippen molar-refractivity contribution in [1.29, 1.82) is 0 Å². The molecule has 0 spiro atoms. The molecule has 2 aromatic heterocycles. The summed E-state index contributed by atoms with van der Waals surface area (Å²) in [7, 11) is 0. The lowest BCUT2D eigenvalue weighted by Gasteiger charge is -2.32. The average Bonchev–Trinajstić information content (AvgIpc) is 2.60. The van der Waals surface area contributed by atoms with Gasteiger partial charge in [0.25, 0.3) is 0 Å². The Morgan fingerprint density at radius 1 is 1.21 bits per heavy atom. The molecule has 3 rings (SSSR count). The first-order valence-electron chi connectivity index (χ1n) is 8.51. The predicted molar refractivity (Wildman–Crippen MR) is 95.1 cm³/mol. The number of rotatable bonds is 5. The fourth-order valence-electron chi connectivity index (χ4n) is 3.05. The molecular formula is C18H25N5O. The van der Waals surface area contributed by atoms with E-state index in [-0.39, 0.29) is 0 Å². The molecular weight excluding hydrogens is 302 g/mol. The molecule has 6 heteroatoms. The Bertz CT molecular complexity index is 645. The first-order valence-corrected chi connectivity index (χ1v) is 8.51. The molecule has 1 aliphatic heterocycles. The lowest BCUT2D eigenvalue weighted by molar-refractivity contribution is 0.203. The summed E-state index contributed by atoms with van der Waals surface area (Å²) in [4.78, 5) is 15.5. The zero-order valence-electron chi connectivity index (χ0n) is 14.4. The second-order valence-electron chi connectivity index (χ2n) is 6.43. The Labute approximate surface area is 143 Å². The summed E-state index contributed by atoms with van der Waals surface area (Å²) in [6.07, 6.45) is 3.99. The number of aliphatic hydroxyl groups excluding tert-OH is 1. The van der Waals surface area contributed by atoms with Crippen LogP contribution in [0.25, 0.3) is 0 Å². The number of hydrogen-bond donors (Lipinski definition) is 2. The van der Waals surface area contributed by atoms with Crippen molar-refractivity contribution in [1.82, 2.24) is 15.0 Å². The van der Waals surface area contributed by atoms with E-state index in [0.717, 1.165) is 54.6 Å². The molecule has 128 valence electrons. The van der Waals surface area contributed by atoms with E-state index in [1.807, 2.05) is 26.1 Å². The summed E-state index contributed by atoms with van der Waals surface area (Å²) in [5.41, 5.74) is 2.09. The van der Waals surface area contributed by atoms with Crippen molar-refractivity contribution in [2.24, 2.45) is 5.92 Å². The van der Waals surface area contributed by atoms with Gasteiger partial charge in [-0.25, -0.2) is 15.0 Å². The van der Waals surface area contributed by atoms with Crippen LogP contribution >= 0.6 is 0 Å². The zero-order chi connectivity index (χ0) is 16.9. The van der Waals surface area contributed by atoms with Crippen molar-refractivity contribution in [3.05, 3.63) is 41.5 Å². The molecule has 1 saturated heterocycles. The number of aliphatic hydroxyl groups is 1. The fourth-order valence-corrected chi connectivity index (χ4v) is 3.05. The van der Waals surface area contributed by atoms with E-state index in [9.17, 15) is 5.11 Å². The van der Waals surface area contributed by atoms with Crippen LogP contribution in [0.4, 0.5) is 11.6 Å². The molecule has 24 heavy (non-hydrogen) atoms. The zero-order valence-corrected chi connectivity index (χ0v) is 14.4. The second kappa shape index (κ2) is 7.57. The van der Waals surface area contributed by atoms with Crippen LogP contribution in [0, 0.1) is 19.8 Å². The molecule has 1 aliphatic rings. The molecule has 3 heterocycles. The molecule has 2 N–H and O–H groups in total. The van der Waals surface area contributed by atoms with Gasteiger partial charge in [0.1, 0.15) is 17.5 Å². The van der Waals surface area contributed by atoms with Crippen LogP contribution in [0.2, 0.25) is 0 Å². The highest BCUT2D eigenvalue weighted by Crippen LogP contribution is 2.21. The van der Waals surface area contributed by atoms with Crippen molar-refractivity contribution in [3.63, 3.8) is 0 Å². The van der Waals surface area contributed by atoms with E-state index < -0.39 is 0 Å². The van der Waals surface area contributed by atoms with Crippen molar-refractivity contribution in [3.8, 4) is 0 Å². The van der Waals surface area contributed by atoms with Crippen LogP contribution in [0.1, 0.15) is 29.9 Å². The Morgan fingerprint density at radius 3 is 2.62 bits per heavy atom. The Kier molecular flexibility index (Phi) is 5.25. The van der Waals surface area contributed by atoms with Gasteiger partial charge in [0.2, 0.25) is 0 Å². The third kappa shape index (κ3) is 4.20. The standard InChI is InChI=1S/C18H25N5O/c1-13-9-17(22-14(2)21-13)19-10-16-3-4-18(20-11-16)23-7-5-15(12-24)6-8-23/h3-4,9,11,15,24H,5-8,10,12H2,1-2H3,(H,19,21,22). The van der Waals surface area contributed by atoms with Crippen molar-refractivity contribution in [2.75, 3.05) is 29.9 Å². The van der Waals surface area contributed by atoms with Crippen LogP contribution in [0.15, 0.2) is 24.4 Å². The van der Waals surface area contributed by atoms with E-state index in [2.05, 4.69) is 37.3 Å². The molecule has 1 fully saturated rings. The van der Waals surface area contributed by atoms with Gasteiger partial charge in [-0.15, -0.1) is 0 Å². The molecule has 0 aromatic carbocycles. The van der Waals surface area contributed by atoms with Crippen LogP contribution in [-0.2, 0) is 6.54 Å². The maximum atomic E-state index is 9.22. The SMILES string of the molecule is Cc1cc(NCc2ccc(N3CCC(CO)CC3)nc2)nc(C)n1. The van der Waals surface area contributed by atoms with Crippen molar-refractivity contribution >= 4 is 11.6 Å². The topological polar surface area (TPSA) is 74.2 Å². The predicted octanol–water partition coefficient (Wildman–Crippen LogP) is 2.31. The normalized spacial score (nSPS) is 15.5. The largest absolute Gasteiger partial charge is 0.396 e. The smallest absolute Gasteiger partial charge is 0.130 e. The molecule has 0 amide bonds. The first-order chi connectivity index (χ1) is 11.6. The molecule has 0 aliphatic carbocycles. The van der Waals surface area contributed by atoms with Gasteiger partial charge in [0.05, 0.1) is 0 Å². The summed E-state index contributed by atoms with van der Waals surface area (Å²) < 4.78 is 0. The van der Waals surface area contributed by atoms with Crippen molar-refractivity contribution in [2.45, 2.75) is 33.2 Å². The summed E-state index contributed by atoms with van der Waals surface area (Å²) in [6, 6.07) is 6.13. The van der Waals surface area contributed by atoms with Gasteiger partial charge < -0.3 is 15.3 Å². The second-order valence-corrected chi connectivity index (χ2v) is 6.43. The van der Waals surface area contributed by atoms with Gasteiger partial charge in [0, 0.05) is 44.2 Å². The van der Waals surface area contributed by atoms with E-state index in [1.165, 1.54) is 0 Å². The highest BCUT2D eigenvalue weighted by Gasteiger charge is 2.19. The maximum Gasteiger partial charge on any atom is 0.130 e. The molecule has 0 bridgehead atoms. The third-order valence-corrected chi connectivity index (χ3v) is 4.45. The first kappa shape index (κ1) is 16.6. The van der Waals surface area contributed by atoms with Crippen LogP contribution in [-0.4, -0.2) is 39.8 Å². The minimum Gasteiger partial charge on any atom is -0.396 e. The van der Waals surface area contributed by atoms with Gasteiger partial charge in [-0.3, -0.25) is 0 Å². The highest BCUT2D eigenvalue weighted by molar-refractivity contribution is 5.41. The number of hydrogen-bond acceptors (Lipinski definition) is 6. The lowest BCUT2D eigenvalue weighted by atomic mass is 9.98. The van der Waals surface area contributed by atoms with Gasteiger partial charge in [0.15, 0.2) is 0 Å². The van der Waals surface area contributed by atoms with Crippen LogP contribution in [0.5, 0.6) is 0 Å².